The lowest BCUT2D eigenvalue weighted by Crippen LogP contribution is -2.15. The minimum absolute atomic E-state index is 0.104. The third kappa shape index (κ3) is 1.73. The average molecular weight is 163 g/mol. The highest BCUT2D eigenvalue weighted by atomic mass is 35.5. The van der Waals surface area contributed by atoms with E-state index in [1.807, 2.05) is 6.92 Å². The Morgan fingerprint density at radius 1 is 1.89 bits per heavy atom. The summed E-state index contributed by atoms with van der Waals surface area (Å²) in [5, 5.41) is 0.774. The molecular weight excluding hydrogens is 156 g/mol. The Balaban J connectivity index is 2.70. The quantitative estimate of drug-likeness (QED) is 0.541. The smallest absolute Gasteiger partial charge is 0.169 e. The van der Waals surface area contributed by atoms with E-state index in [1.165, 1.54) is 6.08 Å². The van der Waals surface area contributed by atoms with Crippen molar-refractivity contribution in [2.24, 2.45) is 0 Å². The molecule has 0 aromatic carbocycles. The maximum Gasteiger partial charge on any atom is 0.169 e. The van der Waals surface area contributed by atoms with Gasteiger partial charge >= 0.3 is 0 Å². The van der Waals surface area contributed by atoms with Gasteiger partial charge in [-0.2, -0.15) is 0 Å². The standard InChI is InChI=1S/C6H7ClOS/c1-4-6(8)2-5(7)3-9-4/h2,4H,3H2,1H3. The van der Waals surface area contributed by atoms with Crippen molar-refractivity contribution in [2.75, 3.05) is 5.75 Å². The number of allylic oxidation sites excluding steroid dienone is 1. The first-order valence-corrected chi connectivity index (χ1v) is 4.14. The Kier molecular flexibility index (Phi) is 2.19. The highest BCUT2D eigenvalue weighted by Gasteiger charge is 2.16. The molecule has 0 fully saturated rings. The summed E-state index contributed by atoms with van der Waals surface area (Å²) in [6, 6.07) is 0. The van der Waals surface area contributed by atoms with Crippen molar-refractivity contribution in [3.8, 4) is 0 Å². The molecule has 0 amide bonds. The lowest BCUT2D eigenvalue weighted by Gasteiger charge is -2.11. The van der Waals surface area contributed by atoms with Crippen LogP contribution in [0.3, 0.4) is 0 Å². The van der Waals surface area contributed by atoms with Gasteiger partial charge in [0, 0.05) is 10.8 Å². The van der Waals surface area contributed by atoms with Gasteiger partial charge in [-0.15, -0.1) is 11.8 Å². The second kappa shape index (κ2) is 2.76. The molecule has 1 unspecified atom stereocenters. The van der Waals surface area contributed by atoms with E-state index in [0.29, 0.717) is 5.03 Å². The highest BCUT2D eigenvalue weighted by Crippen LogP contribution is 2.23. The molecule has 0 N–H and O–H groups in total. The Labute approximate surface area is 63.5 Å². The zero-order valence-electron chi connectivity index (χ0n) is 5.06. The van der Waals surface area contributed by atoms with Crippen LogP contribution in [0.25, 0.3) is 0 Å². The van der Waals surface area contributed by atoms with Crippen molar-refractivity contribution < 1.29 is 4.79 Å². The van der Waals surface area contributed by atoms with E-state index in [-0.39, 0.29) is 11.0 Å². The minimum atomic E-state index is 0.104. The first-order valence-electron chi connectivity index (χ1n) is 2.71. The van der Waals surface area contributed by atoms with Gasteiger partial charge in [-0.05, 0) is 13.0 Å². The summed E-state index contributed by atoms with van der Waals surface area (Å²) in [6.45, 7) is 1.90. The fraction of sp³-hybridized carbons (Fsp3) is 0.500. The maximum absolute atomic E-state index is 10.8. The van der Waals surface area contributed by atoms with E-state index >= 15 is 0 Å². The Morgan fingerprint density at radius 2 is 2.56 bits per heavy atom. The Morgan fingerprint density at radius 3 is 3.00 bits per heavy atom. The topological polar surface area (TPSA) is 17.1 Å². The van der Waals surface area contributed by atoms with Crippen LogP contribution in [-0.4, -0.2) is 16.8 Å². The first kappa shape index (κ1) is 7.16. The van der Waals surface area contributed by atoms with Crippen molar-refractivity contribution in [1.82, 2.24) is 0 Å². The molecule has 3 heteroatoms. The molecular formula is C6H7ClOS. The monoisotopic (exact) mass is 162 g/mol. The molecule has 1 heterocycles. The number of carbonyl (C=O) groups excluding carboxylic acids is 1. The molecule has 50 valence electrons. The molecule has 9 heavy (non-hydrogen) atoms. The van der Waals surface area contributed by atoms with Crippen molar-refractivity contribution in [3.05, 3.63) is 11.1 Å². The van der Waals surface area contributed by atoms with Gasteiger partial charge in [0.2, 0.25) is 0 Å². The predicted molar refractivity (Wildman–Crippen MR) is 40.9 cm³/mol. The molecule has 1 nitrogen and oxygen atoms in total. The maximum atomic E-state index is 10.8. The molecule has 0 aliphatic carbocycles. The zero-order chi connectivity index (χ0) is 6.85. The lowest BCUT2D eigenvalue weighted by atomic mass is 10.3. The normalized spacial score (nSPS) is 28.0. The third-order valence-corrected chi connectivity index (χ3v) is 2.78. The van der Waals surface area contributed by atoms with E-state index in [1.54, 1.807) is 11.8 Å². The molecule has 0 spiro atoms. The molecule has 1 aliphatic rings. The van der Waals surface area contributed by atoms with Gasteiger partial charge in [-0.3, -0.25) is 4.79 Å². The number of halogens is 1. The van der Waals surface area contributed by atoms with E-state index in [9.17, 15) is 4.79 Å². The van der Waals surface area contributed by atoms with Gasteiger partial charge in [0.15, 0.2) is 5.78 Å². The fourth-order valence-corrected chi connectivity index (χ4v) is 1.62. The Hall–Kier alpha value is 0.0500. The fourth-order valence-electron chi connectivity index (χ4n) is 0.600. The summed E-state index contributed by atoms with van der Waals surface area (Å²) in [6.07, 6.45) is 1.52. The largest absolute Gasteiger partial charge is 0.294 e. The number of thioether (sulfide) groups is 1. The summed E-state index contributed by atoms with van der Waals surface area (Å²) in [4.78, 5) is 10.8. The molecule has 0 aromatic heterocycles. The van der Waals surface area contributed by atoms with Crippen molar-refractivity contribution in [2.45, 2.75) is 12.2 Å². The van der Waals surface area contributed by atoms with Gasteiger partial charge in [0.05, 0.1) is 5.25 Å². The molecule has 0 aromatic rings. The van der Waals surface area contributed by atoms with Crippen LogP contribution in [0.15, 0.2) is 11.1 Å². The molecule has 0 bridgehead atoms. The highest BCUT2D eigenvalue weighted by molar-refractivity contribution is 8.00. The second-order valence-corrected chi connectivity index (χ2v) is 3.76. The van der Waals surface area contributed by atoms with Crippen molar-refractivity contribution in [3.63, 3.8) is 0 Å². The first-order chi connectivity index (χ1) is 4.20. The van der Waals surface area contributed by atoms with Gasteiger partial charge in [-0.25, -0.2) is 0 Å². The van der Waals surface area contributed by atoms with Gasteiger partial charge in [-0.1, -0.05) is 11.6 Å². The van der Waals surface area contributed by atoms with Crippen LogP contribution in [0.1, 0.15) is 6.92 Å². The Bertz CT molecular complexity index is 164. The third-order valence-electron chi connectivity index (χ3n) is 1.17. The lowest BCUT2D eigenvalue weighted by molar-refractivity contribution is -0.113. The van der Waals surface area contributed by atoms with Crippen LogP contribution >= 0.6 is 23.4 Å². The van der Waals surface area contributed by atoms with Crippen LogP contribution < -0.4 is 0 Å². The van der Waals surface area contributed by atoms with Crippen LogP contribution in [0.5, 0.6) is 0 Å². The number of carbonyl (C=O) groups is 1. The van der Waals surface area contributed by atoms with Crippen LogP contribution in [0, 0.1) is 0 Å². The SMILES string of the molecule is CC1SCC(Cl)=CC1=O. The summed E-state index contributed by atoms with van der Waals surface area (Å²) < 4.78 is 0. The van der Waals surface area contributed by atoms with Gasteiger partial charge in [0.25, 0.3) is 0 Å². The summed E-state index contributed by atoms with van der Waals surface area (Å²) >= 11 is 7.18. The van der Waals surface area contributed by atoms with E-state index in [2.05, 4.69) is 0 Å². The molecule has 0 saturated heterocycles. The second-order valence-electron chi connectivity index (χ2n) is 1.95. The number of hydrogen-bond donors (Lipinski definition) is 0. The number of hydrogen-bond acceptors (Lipinski definition) is 2. The zero-order valence-corrected chi connectivity index (χ0v) is 6.63. The van der Waals surface area contributed by atoms with Crippen LogP contribution in [0.4, 0.5) is 0 Å². The van der Waals surface area contributed by atoms with E-state index < -0.39 is 0 Å². The van der Waals surface area contributed by atoms with Gasteiger partial charge < -0.3 is 0 Å². The van der Waals surface area contributed by atoms with Gasteiger partial charge in [0.1, 0.15) is 0 Å². The molecule has 0 radical (unpaired) electrons. The van der Waals surface area contributed by atoms with Crippen molar-refractivity contribution in [1.29, 1.82) is 0 Å². The average Bonchev–Trinajstić information content (AvgIpc) is 1.80. The number of ketones is 1. The van der Waals surface area contributed by atoms with E-state index in [4.69, 9.17) is 11.6 Å². The molecule has 1 atom stereocenters. The molecule has 1 rings (SSSR count). The van der Waals surface area contributed by atoms with Crippen LogP contribution in [0.2, 0.25) is 0 Å². The predicted octanol–water partition coefficient (Wildman–Crippen LogP) is 1.81. The molecule has 1 aliphatic heterocycles. The summed E-state index contributed by atoms with van der Waals surface area (Å²) in [5.74, 6) is 0.922. The summed E-state index contributed by atoms with van der Waals surface area (Å²) in [7, 11) is 0. The van der Waals surface area contributed by atoms with E-state index in [0.717, 1.165) is 5.75 Å². The minimum Gasteiger partial charge on any atom is -0.294 e. The molecule has 0 saturated carbocycles. The van der Waals surface area contributed by atoms with Crippen molar-refractivity contribution >= 4 is 29.1 Å². The summed E-state index contributed by atoms with van der Waals surface area (Å²) in [5.41, 5.74) is 0. The van der Waals surface area contributed by atoms with Crippen LogP contribution in [-0.2, 0) is 4.79 Å². The number of rotatable bonds is 0.